The normalized spacial score (nSPS) is 12.8. The first-order valence-corrected chi connectivity index (χ1v) is 6.34. The van der Waals surface area contributed by atoms with Crippen LogP contribution in [0.4, 0.5) is 13.2 Å². The van der Waals surface area contributed by atoms with Crippen LogP contribution < -0.4 is 5.63 Å². The van der Waals surface area contributed by atoms with Crippen molar-refractivity contribution in [3.05, 3.63) is 40.2 Å². The Morgan fingerprint density at radius 1 is 1.25 bits per heavy atom. The summed E-state index contributed by atoms with van der Waals surface area (Å²) in [5, 5.41) is 18.5. The molecule has 128 valence electrons. The second-order valence-corrected chi connectivity index (χ2v) is 4.71. The third-order valence-corrected chi connectivity index (χ3v) is 2.98. The van der Waals surface area contributed by atoms with Crippen molar-refractivity contribution in [2.75, 3.05) is 0 Å². The number of ether oxygens (including phenoxy) is 1. The first kappa shape index (κ1) is 17.3. The van der Waals surface area contributed by atoms with Gasteiger partial charge in [0.25, 0.3) is 0 Å². The standard InChI is InChI=1S/C14H9F3O7/c15-14(16,17)13(22)24-10(12(20)21)3-6-4-11(19)23-9-5-7(18)1-2-8(6)9/h1-2,4-5,10,18H,3H2,(H,20,21)/t10-/m0/s1. The summed E-state index contributed by atoms with van der Waals surface area (Å²) in [6.07, 6.45) is -8.20. The highest BCUT2D eigenvalue weighted by atomic mass is 19.4. The van der Waals surface area contributed by atoms with Crippen LogP contribution in [-0.2, 0) is 20.7 Å². The Morgan fingerprint density at radius 3 is 2.50 bits per heavy atom. The predicted molar refractivity (Wildman–Crippen MR) is 71.4 cm³/mol. The number of aliphatic carboxylic acids is 1. The van der Waals surface area contributed by atoms with Crippen molar-refractivity contribution >= 4 is 22.9 Å². The maximum absolute atomic E-state index is 12.2. The molecule has 0 fully saturated rings. The third kappa shape index (κ3) is 3.83. The Hall–Kier alpha value is -3.04. The molecule has 7 nitrogen and oxygen atoms in total. The summed E-state index contributed by atoms with van der Waals surface area (Å²) in [6.45, 7) is 0. The Bertz CT molecular complexity index is 854. The zero-order chi connectivity index (χ0) is 18.1. The van der Waals surface area contributed by atoms with E-state index in [1.54, 1.807) is 0 Å². The molecule has 0 saturated carbocycles. The minimum Gasteiger partial charge on any atom is -0.508 e. The highest BCUT2D eigenvalue weighted by Gasteiger charge is 2.43. The fourth-order valence-corrected chi connectivity index (χ4v) is 1.96. The van der Waals surface area contributed by atoms with Crippen LogP contribution in [0, 0.1) is 0 Å². The number of aromatic hydroxyl groups is 1. The summed E-state index contributed by atoms with van der Waals surface area (Å²) in [7, 11) is 0. The number of phenolic OH excluding ortho intramolecular Hbond substituents is 1. The number of esters is 1. The van der Waals surface area contributed by atoms with Gasteiger partial charge in [-0.3, -0.25) is 0 Å². The number of carboxylic acid groups (broad SMARTS) is 1. The van der Waals surface area contributed by atoms with Crippen molar-refractivity contribution in [1.29, 1.82) is 0 Å². The van der Waals surface area contributed by atoms with Crippen molar-refractivity contribution in [3.63, 3.8) is 0 Å². The number of carboxylic acids is 1. The molecule has 0 unspecified atom stereocenters. The third-order valence-electron chi connectivity index (χ3n) is 2.98. The SMILES string of the molecule is O=C(O)[C@H](Cc1cc(=O)oc2cc(O)ccc12)OC(=O)C(F)(F)F. The van der Waals surface area contributed by atoms with Crippen LogP contribution >= 0.6 is 0 Å². The number of fused-ring (bicyclic) bond motifs is 1. The molecular formula is C14H9F3O7. The van der Waals surface area contributed by atoms with Gasteiger partial charge in [-0.15, -0.1) is 0 Å². The number of carbonyl (C=O) groups is 2. The minimum absolute atomic E-state index is 0.0105. The second kappa shape index (κ2) is 6.22. The predicted octanol–water partition coefficient (Wildman–Crippen LogP) is 1.60. The molecule has 0 radical (unpaired) electrons. The van der Waals surface area contributed by atoms with E-state index >= 15 is 0 Å². The summed E-state index contributed by atoms with van der Waals surface area (Å²) in [4.78, 5) is 33.3. The minimum atomic E-state index is -5.35. The molecule has 2 rings (SSSR count). The van der Waals surface area contributed by atoms with Crippen LogP contribution in [0.3, 0.4) is 0 Å². The summed E-state index contributed by atoms with van der Waals surface area (Å²) in [6, 6.07) is 4.45. The molecule has 1 aromatic carbocycles. The van der Waals surface area contributed by atoms with E-state index in [9.17, 15) is 32.7 Å². The lowest BCUT2D eigenvalue weighted by molar-refractivity contribution is -0.207. The highest BCUT2D eigenvalue weighted by molar-refractivity contribution is 5.84. The number of benzene rings is 1. The number of hydrogen-bond acceptors (Lipinski definition) is 6. The molecule has 0 saturated heterocycles. The lowest BCUT2D eigenvalue weighted by Gasteiger charge is -2.15. The van der Waals surface area contributed by atoms with Crippen LogP contribution in [0.1, 0.15) is 5.56 Å². The van der Waals surface area contributed by atoms with Crippen LogP contribution in [0.25, 0.3) is 11.0 Å². The summed E-state index contributed by atoms with van der Waals surface area (Å²) >= 11 is 0. The molecule has 1 atom stereocenters. The van der Waals surface area contributed by atoms with E-state index in [4.69, 9.17) is 9.52 Å². The number of halogens is 3. The van der Waals surface area contributed by atoms with Gasteiger partial charge in [-0.05, 0) is 17.7 Å². The zero-order valence-electron chi connectivity index (χ0n) is 11.7. The van der Waals surface area contributed by atoms with Crippen molar-refractivity contribution < 1.29 is 42.1 Å². The molecule has 0 aliphatic carbocycles. The zero-order valence-corrected chi connectivity index (χ0v) is 11.7. The van der Waals surface area contributed by atoms with Gasteiger partial charge in [0.05, 0.1) is 0 Å². The number of phenols is 1. The lowest BCUT2D eigenvalue weighted by Crippen LogP contribution is -2.35. The fourth-order valence-electron chi connectivity index (χ4n) is 1.96. The molecule has 0 amide bonds. The molecular weight excluding hydrogens is 337 g/mol. The van der Waals surface area contributed by atoms with Gasteiger partial charge in [-0.1, -0.05) is 0 Å². The summed E-state index contributed by atoms with van der Waals surface area (Å²) in [5.74, 6) is -4.70. The van der Waals surface area contributed by atoms with Crippen LogP contribution in [0.2, 0.25) is 0 Å². The largest absolute Gasteiger partial charge is 0.508 e. The molecule has 1 aromatic heterocycles. The highest BCUT2D eigenvalue weighted by Crippen LogP contribution is 2.24. The topological polar surface area (TPSA) is 114 Å². The van der Waals surface area contributed by atoms with E-state index < -0.39 is 36.3 Å². The van der Waals surface area contributed by atoms with Crippen LogP contribution in [0.15, 0.2) is 33.5 Å². The van der Waals surface area contributed by atoms with Crippen molar-refractivity contribution in [3.8, 4) is 5.75 Å². The first-order chi connectivity index (χ1) is 11.1. The van der Waals surface area contributed by atoms with E-state index in [1.807, 2.05) is 0 Å². The average Bonchev–Trinajstić information content (AvgIpc) is 2.44. The van der Waals surface area contributed by atoms with E-state index in [0.29, 0.717) is 0 Å². The molecule has 10 heteroatoms. The van der Waals surface area contributed by atoms with E-state index in [-0.39, 0.29) is 22.3 Å². The quantitative estimate of drug-likeness (QED) is 0.638. The van der Waals surface area contributed by atoms with Crippen molar-refractivity contribution in [2.45, 2.75) is 18.7 Å². The molecule has 0 aliphatic rings. The molecule has 0 spiro atoms. The number of alkyl halides is 3. The lowest BCUT2D eigenvalue weighted by atomic mass is 10.0. The van der Waals surface area contributed by atoms with Gasteiger partial charge >= 0.3 is 23.7 Å². The Balaban J connectivity index is 2.40. The van der Waals surface area contributed by atoms with Crippen molar-refractivity contribution in [1.82, 2.24) is 0 Å². The van der Waals surface area contributed by atoms with E-state index in [1.165, 1.54) is 12.1 Å². The summed E-state index contributed by atoms with van der Waals surface area (Å²) in [5.41, 5.74) is -1.01. The molecule has 0 bridgehead atoms. The second-order valence-electron chi connectivity index (χ2n) is 4.71. The van der Waals surface area contributed by atoms with E-state index in [2.05, 4.69) is 4.74 Å². The van der Waals surface area contributed by atoms with E-state index in [0.717, 1.165) is 12.1 Å². The molecule has 1 heterocycles. The Labute approximate surface area is 130 Å². The Kier molecular flexibility index (Phi) is 4.49. The maximum atomic E-state index is 12.2. The fraction of sp³-hybridized carbons (Fsp3) is 0.214. The summed E-state index contributed by atoms with van der Waals surface area (Å²) < 4.78 is 45.4. The van der Waals surface area contributed by atoms with Crippen molar-refractivity contribution in [2.24, 2.45) is 0 Å². The molecule has 24 heavy (non-hydrogen) atoms. The smallest absolute Gasteiger partial charge is 0.490 e. The number of rotatable bonds is 4. The van der Waals surface area contributed by atoms with Gasteiger partial charge in [-0.25, -0.2) is 14.4 Å². The molecule has 0 aliphatic heterocycles. The van der Waals surface area contributed by atoms with Gasteiger partial charge in [0.2, 0.25) is 6.10 Å². The van der Waals surface area contributed by atoms with Gasteiger partial charge in [-0.2, -0.15) is 13.2 Å². The van der Waals surface area contributed by atoms with Gasteiger partial charge in [0.1, 0.15) is 11.3 Å². The first-order valence-electron chi connectivity index (χ1n) is 6.34. The molecule has 2 N–H and O–H groups in total. The molecule has 2 aromatic rings. The average molecular weight is 346 g/mol. The van der Waals surface area contributed by atoms with Gasteiger partial charge < -0.3 is 19.4 Å². The van der Waals surface area contributed by atoms with Crippen LogP contribution in [0.5, 0.6) is 5.75 Å². The Morgan fingerprint density at radius 2 is 1.92 bits per heavy atom. The van der Waals surface area contributed by atoms with Crippen LogP contribution in [-0.4, -0.2) is 34.4 Å². The van der Waals surface area contributed by atoms with Gasteiger partial charge in [0.15, 0.2) is 0 Å². The van der Waals surface area contributed by atoms with Gasteiger partial charge in [0, 0.05) is 23.9 Å². The monoisotopic (exact) mass is 346 g/mol. The number of carbonyl (C=O) groups excluding carboxylic acids is 1. The maximum Gasteiger partial charge on any atom is 0.490 e. The number of hydrogen-bond donors (Lipinski definition) is 2.